The number of aliphatic hydroxyl groups excluding tert-OH is 3. The standard InChI is InChI=1S/C17H23F3N2O10/c18-17(19,20)16(29)21-12-14(28)13(27)8(7-23)31-15(12)30-6-2-1-3-11(26)32-22-9(24)4-5-10(22)25/h8,12-15,23,27-28H,1-7H2,(H,21,29)/t8?,12?,13-,14+,15+/m0/s1. The highest BCUT2D eigenvalue weighted by atomic mass is 19.4. The summed E-state index contributed by atoms with van der Waals surface area (Å²) < 4.78 is 48.1. The third-order valence-corrected chi connectivity index (χ3v) is 4.69. The summed E-state index contributed by atoms with van der Waals surface area (Å²) in [6.45, 7) is -0.989. The van der Waals surface area contributed by atoms with Crippen molar-refractivity contribution in [3.05, 3.63) is 0 Å². The lowest BCUT2D eigenvalue weighted by Crippen LogP contribution is -2.65. The van der Waals surface area contributed by atoms with E-state index < -0.39 is 67.1 Å². The minimum atomic E-state index is -5.26. The first-order valence-corrected chi connectivity index (χ1v) is 9.64. The number of ether oxygens (including phenoxy) is 2. The lowest BCUT2D eigenvalue weighted by atomic mass is 9.97. The van der Waals surface area contributed by atoms with E-state index in [1.165, 1.54) is 5.32 Å². The molecule has 2 heterocycles. The summed E-state index contributed by atoms with van der Waals surface area (Å²) in [7, 11) is 0. The van der Waals surface area contributed by atoms with Crippen LogP contribution in [0.3, 0.4) is 0 Å². The van der Waals surface area contributed by atoms with Crippen molar-refractivity contribution in [3.63, 3.8) is 0 Å². The molecule has 0 radical (unpaired) electrons. The molecule has 2 rings (SSSR count). The maximum atomic E-state index is 12.6. The molecule has 15 heteroatoms. The summed E-state index contributed by atoms with van der Waals surface area (Å²) in [4.78, 5) is 50.4. The Morgan fingerprint density at radius 1 is 1.12 bits per heavy atom. The van der Waals surface area contributed by atoms with Crippen molar-refractivity contribution in [3.8, 4) is 0 Å². The van der Waals surface area contributed by atoms with Crippen molar-refractivity contribution in [2.24, 2.45) is 0 Å². The van der Waals surface area contributed by atoms with Crippen molar-refractivity contribution in [2.45, 2.75) is 68.9 Å². The Hall–Kier alpha value is -2.33. The van der Waals surface area contributed by atoms with Gasteiger partial charge in [-0.2, -0.15) is 13.2 Å². The number of hydrogen-bond donors (Lipinski definition) is 4. The molecular weight excluding hydrogens is 449 g/mol. The number of hydrogen-bond acceptors (Lipinski definition) is 10. The molecule has 4 N–H and O–H groups in total. The number of aliphatic hydroxyl groups is 3. The molecule has 0 aromatic rings. The Balaban J connectivity index is 1.83. The summed E-state index contributed by atoms with van der Waals surface area (Å²) in [5, 5.41) is 31.0. The Morgan fingerprint density at radius 2 is 1.75 bits per heavy atom. The Morgan fingerprint density at radius 3 is 2.31 bits per heavy atom. The third-order valence-electron chi connectivity index (χ3n) is 4.69. The summed E-state index contributed by atoms with van der Waals surface area (Å²) in [6.07, 6.45) is -12.0. The highest BCUT2D eigenvalue weighted by Crippen LogP contribution is 2.24. The van der Waals surface area contributed by atoms with Crippen LogP contribution in [0.4, 0.5) is 13.2 Å². The van der Waals surface area contributed by atoms with Gasteiger partial charge in [0.25, 0.3) is 11.8 Å². The molecule has 32 heavy (non-hydrogen) atoms. The van der Waals surface area contributed by atoms with E-state index in [1.807, 2.05) is 0 Å². The van der Waals surface area contributed by atoms with Crippen LogP contribution in [-0.2, 0) is 33.5 Å². The van der Waals surface area contributed by atoms with Crippen LogP contribution in [0.15, 0.2) is 0 Å². The van der Waals surface area contributed by atoms with E-state index in [1.54, 1.807) is 0 Å². The Labute approximate surface area is 179 Å². The molecule has 2 aliphatic rings. The van der Waals surface area contributed by atoms with E-state index in [4.69, 9.17) is 9.47 Å². The minimum Gasteiger partial charge on any atom is -0.394 e. The van der Waals surface area contributed by atoms with Crippen LogP contribution in [0, 0.1) is 0 Å². The first-order valence-electron chi connectivity index (χ1n) is 9.64. The minimum absolute atomic E-state index is 0.0528. The molecule has 0 saturated carbocycles. The third kappa shape index (κ3) is 6.59. The fraction of sp³-hybridized carbons (Fsp3) is 0.765. The number of halogens is 3. The van der Waals surface area contributed by atoms with E-state index in [-0.39, 0.29) is 38.7 Å². The van der Waals surface area contributed by atoms with Crippen LogP contribution < -0.4 is 5.32 Å². The molecule has 182 valence electrons. The molecule has 2 aliphatic heterocycles. The summed E-state index contributed by atoms with van der Waals surface area (Å²) in [5.41, 5.74) is 0. The van der Waals surface area contributed by atoms with Crippen molar-refractivity contribution in [2.75, 3.05) is 13.2 Å². The van der Waals surface area contributed by atoms with Gasteiger partial charge in [0.05, 0.1) is 6.61 Å². The molecule has 12 nitrogen and oxygen atoms in total. The fourth-order valence-electron chi connectivity index (χ4n) is 2.99. The second-order valence-corrected chi connectivity index (χ2v) is 7.08. The lowest BCUT2D eigenvalue weighted by Gasteiger charge is -2.42. The fourth-order valence-corrected chi connectivity index (χ4v) is 2.99. The highest BCUT2D eigenvalue weighted by Gasteiger charge is 2.49. The van der Waals surface area contributed by atoms with E-state index in [2.05, 4.69) is 4.84 Å². The molecule has 3 amide bonds. The Kier molecular flexibility index (Phi) is 8.91. The largest absolute Gasteiger partial charge is 0.471 e. The van der Waals surface area contributed by atoms with Crippen LogP contribution in [0.2, 0.25) is 0 Å². The van der Waals surface area contributed by atoms with Gasteiger partial charge in [-0.25, -0.2) is 4.79 Å². The topological polar surface area (TPSA) is 172 Å². The van der Waals surface area contributed by atoms with Crippen LogP contribution >= 0.6 is 0 Å². The predicted molar refractivity (Wildman–Crippen MR) is 92.7 cm³/mol. The molecule has 0 aromatic carbocycles. The second kappa shape index (κ2) is 11.0. The second-order valence-electron chi connectivity index (χ2n) is 7.08. The zero-order chi connectivity index (χ0) is 24.1. The number of carbonyl (C=O) groups excluding carboxylic acids is 4. The van der Waals surface area contributed by atoms with E-state index >= 15 is 0 Å². The zero-order valence-corrected chi connectivity index (χ0v) is 16.6. The van der Waals surface area contributed by atoms with Crippen LogP contribution in [-0.4, -0.2) is 94.1 Å². The van der Waals surface area contributed by atoms with Gasteiger partial charge in [-0.05, 0) is 12.8 Å². The SMILES string of the molecule is O=C(CCCCO[C@@H]1OC(CO)[C@H](O)[C@H](O)C1NC(=O)C(F)(F)F)ON1C(=O)CCC1=O. The number of amides is 3. The molecule has 0 spiro atoms. The smallest absolute Gasteiger partial charge is 0.394 e. The first kappa shape index (κ1) is 25.9. The summed E-state index contributed by atoms with van der Waals surface area (Å²) in [6, 6.07) is -1.79. The van der Waals surface area contributed by atoms with Gasteiger partial charge < -0.3 is 34.9 Å². The maximum absolute atomic E-state index is 12.6. The van der Waals surface area contributed by atoms with Gasteiger partial charge in [-0.1, -0.05) is 0 Å². The maximum Gasteiger partial charge on any atom is 0.471 e. The van der Waals surface area contributed by atoms with Gasteiger partial charge in [0.2, 0.25) is 0 Å². The molecular formula is C17H23F3N2O10. The van der Waals surface area contributed by atoms with E-state index in [0.717, 1.165) is 0 Å². The number of imide groups is 1. The number of alkyl halides is 3. The molecule has 0 aromatic heterocycles. The normalized spacial score (nSPS) is 28.7. The summed E-state index contributed by atoms with van der Waals surface area (Å²) >= 11 is 0. The number of nitrogens with zero attached hydrogens (tertiary/aromatic N) is 1. The monoisotopic (exact) mass is 472 g/mol. The van der Waals surface area contributed by atoms with E-state index in [0.29, 0.717) is 5.06 Å². The van der Waals surface area contributed by atoms with Gasteiger partial charge in [0, 0.05) is 25.9 Å². The zero-order valence-electron chi connectivity index (χ0n) is 16.6. The summed E-state index contributed by atoms with van der Waals surface area (Å²) in [5.74, 6) is -4.50. The average molecular weight is 472 g/mol. The van der Waals surface area contributed by atoms with Crippen LogP contribution in [0.1, 0.15) is 32.1 Å². The molecule has 2 unspecified atom stereocenters. The van der Waals surface area contributed by atoms with Gasteiger partial charge in [0.15, 0.2) is 6.29 Å². The van der Waals surface area contributed by atoms with Crippen LogP contribution in [0.25, 0.3) is 0 Å². The molecule has 2 fully saturated rings. The molecule has 5 atom stereocenters. The van der Waals surface area contributed by atoms with Crippen molar-refractivity contribution < 1.29 is 62.0 Å². The Bertz CT molecular complexity index is 703. The quantitative estimate of drug-likeness (QED) is 0.223. The van der Waals surface area contributed by atoms with Crippen molar-refractivity contribution in [1.29, 1.82) is 0 Å². The van der Waals surface area contributed by atoms with Crippen molar-refractivity contribution >= 4 is 23.7 Å². The van der Waals surface area contributed by atoms with Gasteiger partial charge >= 0.3 is 18.1 Å². The number of unbranched alkanes of at least 4 members (excludes halogenated alkanes) is 1. The van der Waals surface area contributed by atoms with Gasteiger partial charge in [0.1, 0.15) is 24.4 Å². The average Bonchev–Trinajstić information content (AvgIpc) is 3.03. The lowest BCUT2D eigenvalue weighted by molar-refractivity contribution is -0.272. The van der Waals surface area contributed by atoms with Crippen LogP contribution in [0.5, 0.6) is 0 Å². The molecule has 0 bridgehead atoms. The number of nitrogens with one attached hydrogen (secondary N) is 1. The molecule has 2 saturated heterocycles. The number of carbonyl (C=O) groups is 4. The first-order chi connectivity index (χ1) is 15.0. The number of hydroxylamine groups is 2. The predicted octanol–water partition coefficient (Wildman–Crippen LogP) is -1.73. The van der Waals surface area contributed by atoms with Gasteiger partial charge in [-0.3, -0.25) is 14.4 Å². The molecule has 0 aliphatic carbocycles. The number of rotatable bonds is 9. The van der Waals surface area contributed by atoms with Gasteiger partial charge in [-0.15, -0.1) is 5.06 Å². The highest BCUT2D eigenvalue weighted by molar-refractivity contribution is 6.01. The van der Waals surface area contributed by atoms with E-state index in [9.17, 15) is 47.7 Å². The van der Waals surface area contributed by atoms with Crippen molar-refractivity contribution in [1.82, 2.24) is 10.4 Å².